The van der Waals surface area contributed by atoms with E-state index in [0.717, 1.165) is 11.3 Å². The van der Waals surface area contributed by atoms with Crippen LogP contribution in [0.1, 0.15) is 5.56 Å². The van der Waals surface area contributed by atoms with Gasteiger partial charge in [0, 0.05) is 12.1 Å². The number of aromatic hydroxyl groups is 1. The van der Waals surface area contributed by atoms with E-state index in [2.05, 4.69) is 10.3 Å². The molecule has 94 valence electrons. The molecule has 2 N–H and O–H groups in total. The van der Waals surface area contributed by atoms with Gasteiger partial charge in [0.15, 0.2) is 11.5 Å². The summed E-state index contributed by atoms with van der Waals surface area (Å²) in [6.07, 6.45) is 1.56. The second kappa shape index (κ2) is 3.83. The average molecular weight is 247 g/mol. The Morgan fingerprint density at radius 1 is 1.33 bits per heavy atom. The lowest BCUT2D eigenvalue weighted by Crippen LogP contribution is -2.16. The molecule has 6 nitrogen and oxygen atoms in total. The molecule has 0 radical (unpaired) electrons. The van der Waals surface area contributed by atoms with Crippen molar-refractivity contribution in [2.45, 2.75) is 6.54 Å². The van der Waals surface area contributed by atoms with E-state index in [9.17, 15) is 5.11 Å². The molecule has 0 spiro atoms. The van der Waals surface area contributed by atoms with Crippen molar-refractivity contribution in [3.8, 4) is 23.1 Å². The third-order valence-corrected chi connectivity index (χ3v) is 3.00. The molecule has 3 rings (SSSR count). The number of hydrogen-bond acceptors (Lipinski definition) is 5. The van der Waals surface area contributed by atoms with Crippen LogP contribution in [-0.2, 0) is 6.54 Å². The summed E-state index contributed by atoms with van der Waals surface area (Å²) in [4.78, 5) is 3.98. The molecule has 0 fully saturated rings. The standard InChI is InChI=1S/C12H13N3O3/c1-17-9-4-3-8-7(11(9)18-2)5-13-12-14-10(16)6-15(8)12/h3-4,6,16H,5H2,1-2H3,(H,13,14). The van der Waals surface area contributed by atoms with Crippen LogP contribution in [0, 0.1) is 0 Å². The highest BCUT2D eigenvalue weighted by Gasteiger charge is 2.23. The molecule has 2 aromatic rings. The summed E-state index contributed by atoms with van der Waals surface area (Å²) in [5.41, 5.74) is 1.90. The van der Waals surface area contributed by atoms with Gasteiger partial charge in [0.1, 0.15) is 0 Å². The Morgan fingerprint density at radius 3 is 2.89 bits per heavy atom. The molecule has 0 saturated heterocycles. The van der Waals surface area contributed by atoms with Gasteiger partial charge in [0.2, 0.25) is 11.8 Å². The predicted octanol–water partition coefficient (Wildman–Crippen LogP) is 1.52. The number of imidazole rings is 1. The van der Waals surface area contributed by atoms with Crippen molar-refractivity contribution in [3.05, 3.63) is 23.9 Å². The first kappa shape index (κ1) is 10.8. The lowest BCUT2D eigenvalue weighted by Gasteiger charge is -2.22. The smallest absolute Gasteiger partial charge is 0.231 e. The van der Waals surface area contributed by atoms with Crippen molar-refractivity contribution in [3.63, 3.8) is 0 Å². The highest BCUT2D eigenvalue weighted by Crippen LogP contribution is 2.39. The van der Waals surface area contributed by atoms with Gasteiger partial charge in [0.25, 0.3) is 0 Å². The van der Waals surface area contributed by atoms with Crippen molar-refractivity contribution in [2.75, 3.05) is 19.5 Å². The third kappa shape index (κ3) is 1.38. The van der Waals surface area contributed by atoms with Crippen molar-refractivity contribution >= 4 is 5.95 Å². The van der Waals surface area contributed by atoms with Crippen LogP contribution in [0.4, 0.5) is 5.95 Å². The van der Waals surface area contributed by atoms with Gasteiger partial charge in [-0.25, -0.2) is 0 Å². The molecule has 0 saturated carbocycles. The number of rotatable bonds is 2. The van der Waals surface area contributed by atoms with Gasteiger partial charge in [0.05, 0.1) is 26.1 Å². The number of fused-ring (bicyclic) bond motifs is 3. The first-order valence-corrected chi connectivity index (χ1v) is 5.51. The van der Waals surface area contributed by atoms with Crippen molar-refractivity contribution < 1.29 is 14.6 Å². The molecule has 1 aliphatic heterocycles. The third-order valence-electron chi connectivity index (χ3n) is 3.00. The number of anilines is 1. The minimum absolute atomic E-state index is 0.0138. The lowest BCUT2D eigenvalue weighted by molar-refractivity contribution is 0.351. The summed E-state index contributed by atoms with van der Waals surface area (Å²) in [6, 6.07) is 3.76. The molecule has 0 bridgehead atoms. The first-order valence-electron chi connectivity index (χ1n) is 5.51. The average Bonchev–Trinajstić information content (AvgIpc) is 2.77. The molecular formula is C12H13N3O3. The van der Waals surface area contributed by atoms with E-state index in [1.54, 1.807) is 25.0 Å². The van der Waals surface area contributed by atoms with Crippen LogP contribution in [0.3, 0.4) is 0 Å². The minimum atomic E-state index is -0.0138. The van der Waals surface area contributed by atoms with Crippen molar-refractivity contribution in [2.24, 2.45) is 0 Å². The van der Waals surface area contributed by atoms with Crippen LogP contribution >= 0.6 is 0 Å². The summed E-state index contributed by atoms with van der Waals surface area (Å²) < 4.78 is 12.5. The second-order valence-corrected chi connectivity index (χ2v) is 3.95. The minimum Gasteiger partial charge on any atom is -0.493 e. The van der Waals surface area contributed by atoms with Crippen LogP contribution in [-0.4, -0.2) is 28.9 Å². The van der Waals surface area contributed by atoms with Crippen LogP contribution in [0.15, 0.2) is 18.3 Å². The zero-order valence-electron chi connectivity index (χ0n) is 10.1. The second-order valence-electron chi connectivity index (χ2n) is 3.95. The van der Waals surface area contributed by atoms with Gasteiger partial charge in [-0.3, -0.25) is 4.57 Å². The molecule has 18 heavy (non-hydrogen) atoms. The maximum Gasteiger partial charge on any atom is 0.231 e. The Balaban J connectivity index is 2.23. The quantitative estimate of drug-likeness (QED) is 0.842. The number of benzene rings is 1. The lowest BCUT2D eigenvalue weighted by atomic mass is 10.1. The molecule has 0 aliphatic carbocycles. The van der Waals surface area contributed by atoms with Gasteiger partial charge >= 0.3 is 0 Å². The maximum atomic E-state index is 9.45. The van der Waals surface area contributed by atoms with E-state index in [4.69, 9.17) is 9.47 Å². The summed E-state index contributed by atoms with van der Waals surface area (Å²) in [5.74, 6) is 1.99. The fourth-order valence-electron chi connectivity index (χ4n) is 2.22. The van der Waals surface area contributed by atoms with Gasteiger partial charge in [-0.1, -0.05) is 0 Å². The molecule has 0 unspecified atom stereocenters. The molecular weight excluding hydrogens is 234 g/mol. The van der Waals surface area contributed by atoms with E-state index in [0.29, 0.717) is 24.0 Å². The molecule has 6 heteroatoms. The highest BCUT2D eigenvalue weighted by molar-refractivity contribution is 5.62. The van der Waals surface area contributed by atoms with E-state index in [-0.39, 0.29) is 5.88 Å². The van der Waals surface area contributed by atoms with Crippen LogP contribution in [0.5, 0.6) is 17.4 Å². The van der Waals surface area contributed by atoms with Gasteiger partial charge in [-0.15, -0.1) is 0 Å². The summed E-state index contributed by atoms with van der Waals surface area (Å²) in [5, 5.41) is 12.6. The number of ether oxygens (including phenoxy) is 2. The van der Waals surface area contributed by atoms with E-state index >= 15 is 0 Å². The molecule has 1 aliphatic rings. The monoisotopic (exact) mass is 247 g/mol. The van der Waals surface area contributed by atoms with E-state index < -0.39 is 0 Å². The van der Waals surface area contributed by atoms with E-state index in [1.807, 2.05) is 12.1 Å². The summed E-state index contributed by atoms with van der Waals surface area (Å²) >= 11 is 0. The maximum absolute atomic E-state index is 9.45. The zero-order chi connectivity index (χ0) is 12.7. The predicted molar refractivity (Wildman–Crippen MR) is 65.7 cm³/mol. The summed E-state index contributed by atoms with van der Waals surface area (Å²) in [7, 11) is 3.22. The van der Waals surface area contributed by atoms with E-state index in [1.165, 1.54) is 0 Å². The van der Waals surface area contributed by atoms with Gasteiger partial charge in [-0.2, -0.15) is 4.98 Å². The number of aromatic nitrogens is 2. The Labute approximate surface area is 104 Å². The van der Waals surface area contributed by atoms with Crippen LogP contribution < -0.4 is 14.8 Å². The highest BCUT2D eigenvalue weighted by atomic mass is 16.5. The van der Waals surface area contributed by atoms with Crippen LogP contribution in [0.25, 0.3) is 5.69 Å². The SMILES string of the molecule is COc1ccc2c(c1OC)CNc1nc(O)cn1-2. The Kier molecular flexibility index (Phi) is 2.29. The fourth-order valence-corrected chi connectivity index (χ4v) is 2.22. The Morgan fingerprint density at radius 2 is 2.17 bits per heavy atom. The molecule has 2 heterocycles. The van der Waals surface area contributed by atoms with Crippen molar-refractivity contribution in [1.29, 1.82) is 0 Å². The molecule has 1 aromatic carbocycles. The Bertz CT molecular complexity index is 607. The largest absolute Gasteiger partial charge is 0.493 e. The topological polar surface area (TPSA) is 68.5 Å². The number of hydrogen-bond donors (Lipinski definition) is 2. The van der Waals surface area contributed by atoms with Crippen molar-refractivity contribution in [1.82, 2.24) is 9.55 Å². The van der Waals surface area contributed by atoms with Gasteiger partial charge < -0.3 is 19.9 Å². The normalized spacial score (nSPS) is 12.3. The first-order chi connectivity index (χ1) is 8.74. The molecule has 0 amide bonds. The number of nitrogens with one attached hydrogen (secondary N) is 1. The number of methoxy groups -OCH3 is 2. The Hall–Kier alpha value is -2.37. The zero-order valence-corrected chi connectivity index (χ0v) is 10.1. The summed E-state index contributed by atoms with van der Waals surface area (Å²) in [6.45, 7) is 0.576. The number of nitrogens with zero attached hydrogens (tertiary/aromatic N) is 2. The fraction of sp³-hybridized carbons (Fsp3) is 0.250. The molecule has 0 atom stereocenters. The molecule has 1 aromatic heterocycles. The van der Waals surface area contributed by atoms with Gasteiger partial charge in [-0.05, 0) is 12.1 Å². The van der Waals surface area contributed by atoms with Crippen LogP contribution in [0.2, 0.25) is 0 Å².